The highest BCUT2D eigenvalue weighted by Gasteiger charge is 2.41. The van der Waals surface area contributed by atoms with Gasteiger partial charge in [0.2, 0.25) is 10.0 Å². The van der Waals surface area contributed by atoms with Crippen molar-refractivity contribution in [1.29, 1.82) is 0 Å². The first-order valence-electron chi connectivity index (χ1n) is 6.97. The van der Waals surface area contributed by atoms with Gasteiger partial charge in [0.15, 0.2) is 6.04 Å². The predicted octanol–water partition coefficient (Wildman–Crippen LogP) is 0.848. The second-order valence-corrected chi connectivity index (χ2v) is 6.89. The van der Waals surface area contributed by atoms with Crippen LogP contribution in [-0.2, 0) is 19.6 Å². The third-order valence-electron chi connectivity index (χ3n) is 3.41. The van der Waals surface area contributed by atoms with Crippen molar-refractivity contribution in [2.24, 2.45) is 0 Å². The lowest BCUT2D eigenvalue weighted by Crippen LogP contribution is -2.53. The van der Waals surface area contributed by atoms with Crippen LogP contribution in [0.15, 0.2) is 41.3 Å². The molecule has 2 rings (SSSR count). The first-order chi connectivity index (χ1) is 10.4. The molecule has 0 radical (unpaired) electrons. The van der Waals surface area contributed by atoms with Gasteiger partial charge in [-0.25, -0.2) is 8.42 Å². The highest BCUT2D eigenvalue weighted by Crippen LogP contribution is 2.24. The highest BCUT2D eigenvalue weighted by atomic mass is 32.2. The number of sulfonamides is 1. The Hall–Kier alpha value is -1.70. The van der Waals surface area contributed by atoms with Crippen LogP contribution in [0.4, 0.5) is 0 Å². The van der Waals surface area contributed by atoms with E-state index in [1.807, 2.05) is 6.92 Å². The van der Waals surface area contributed by atoms with E-state index in [-0.39, 0.29) is 18.0 Å². The molecule has 0 amide bonds. The van der Waals surface area contributed by atoms with E-state index in [0.29, 0.717) is 0 Å². The summed E-state index contributed by atoms with van der Waals surface area (Å²) in [7, 11) is -3.90. The maximum absolute atomic E-state index is 12.7. The summed E-state index contributed by atoms with van der Waals surface area (Å²) in [4.78, 5) is 12.1. The molecule has 0 fully saturated rings. The summed E-state index contributed by atoms with van der Waals surface area (Å²) >= 11 is 0. The Balaban J connectivity index is 2.40. The number of rotatable bonds is 4. The molecule has 1 aliphatic heterocycles. The van der Waals surface area contributed by atoms with Crippen LogP contribution in [-0.4, -0.2) is 49.1 Å². The van der Waals surface area contributed by atoms with Gasteiger partial charge in [0, 0.05) is 6.54 Å². The average molecular weight is 325 g/mol. The Bertz CT molecular complexity index is 666. The Morgan fingerprint density at radius 2 is 2.00 bits per heavy atom. The van der Waals surface area contributed by atoms with Crippen molar-refractivity contribution in [3.8, 4) is 0 Å². The largest absolute Gasteiger partial charge is 0.465 e. The minimum Gasteiger partial charge on any atom is -0.465 e. The van der Waals surface area contributed by atoms with Gasteiger partial charge in [-0.2, -0.15) is 4.31 Å². The molecule has 7 heteroatoms. The molecule has 0 saturated heterocycles. The zero-order chi connectivity index (χ0) is 16.3. The lowest BCUT2D eigenvalue weighted by atomic mass is 10.1. The minimum atomic E-state index is -3.90. The van der Waals surface area contributed by atoms with Gasteiger partial charge in [0.05, 0.1) is 17.6 Å². The molecule has 6 nitrogen and oxygen atoms in total. The fourth-order valence-electron chi connectivity index (χ4n) is 2.27. The number of benzene rings is 1. The second-order valence-electron chi connectivity index (χ2n) is 5.00. The van der Waals surface area contributed by atoms with Crippen LogP contribution in [0.5, 0.6) is 0 Å². The van der Waals surface area contributed by atoms with Crippen molar-refractivity contribution in [1.82, 2.24) is 4.31 Å². The summed E-state index contributed by atoms with van der Waals surface area (Å²) in [5, 5.41) is 10.00. The SMILES string of the molecule is CCOC(=O)[C@H]1[C@@H](O)C=CCN1S(=O)(=O)c1ccc(C)cc1. The van der Waals surface area contributed by atoms with Crippen molar-refractivity contribution < 1.29 is 23.1 Å². The molecule has 1 heterocycles. The van der Waals surface area contributed by atoms with Gasteiger partial charge in [-0.3, -0.25) is 4.79 Å². The van der Waals surface area contributed by atoms with Gasteiger partial charge in [-0.05, 0) is 26.0 Å². The van der Waals surface area contributed by atoms with Crippen molar-refractivity contribution in [3.05, 3.63) is 42.0 Å². The van der Waals surface area contributed by atoms with Crippen molar-refractivity contribution >= 4 is 16.0 Å². The van der Waals surface area contributed by atoms with Crippen LogP contribution in [0.2, 0.25) is 0 Å². The molecule has 0 bridgehead atoms. The zero-order valence-electron chi connectivity index (χ0n) is 12.5. The van der Waals surface area contributed by atoms with Gasteiger partial charge in [0.1, 0.15) is 0 Å². The first kappa shape index (κ1) is 16.7. The highest BCUT2D eigenvalue weighted by molar-refractivity contribution is 7.89. The average Bonchev–Trinajstić information content (AvgIpc) is 2.47. The van der Waals surface area contributed by atoms with Crippen LogP contribution >= 0.6 is 0 Å². The smallest absolute Gasteiger partial charge is 0.327 e. The van der Waals surface area contributed by atoms with E-state index in [2.05, 4.69) is 0 Å². The molecule has 0 aromatic heterocycles. The second kappa shape index (κ2) is 6.60. The van der Waals surface area contributed by atoms with E-state index in [1.54, 1.807) is 19.1 Å². The minimum absolute atomic E-state index is 0.0107. The Kier molecular flexibility index (Phi) is 5.00. The normalized spacial score (nSPS) is 22.5. The summed E-state index contributed by atoms with van der Waals surface area (Å²) in [6, 6.07) is 5.07. The summed E-state index contributed by atoms with van der Waals surface area (Å²) in [6.45, 7) is 3.61. The lowest BCUT2D eigenvalue weighted by molar-refractivity contribution is -0.150. The third-order valence-corrected chi connectivity index (χ3v) is 5.27. The molecule has 1 aromatic rings. The summed E-state index contributed by atoms with van der Waals surface area (Å²) in [5.74, 6) is -0.755. The number of carbonyl (C=O) groups excluding carboxylic acids is 1. The number of nitrogens with zero attached hydrogens (tertiary/aromatic N) is 1. The van der Waals surface area contributed by atoms with E-state index in [0.717, 1.165) is 9.87 Å². The fraction of sp³-hybridized carbons (Fsp3) is 0.400. The quantitative estimate of drug-likeness (QED) is 0.655. The molecule has 0 unspecified atom stereocenters. The van der Waals surface area contributed by atoms with Gasteiger partial charge in [-0.1, -0.05) is 29.8 Å². The summed E-state index contributed by atoms with van der Waals surface area (Å²) in [6.07, 6.45) is 1.70. The third kappa shape index (κ3) is 3.21. The Morgan fingerprint density at radius 1 is 1.36 bits per heavy atom. The molecule has 120 valence electrons. The molecule has 1 aromatic carbocycles. The molecular formula is C15H19NO5S. The summed E-state index contributed by atoms with van der Waals surface area (Å²) in [5.41, 5.74) is 0.930. The van der Waals surface area contributed by atoms with E-state index >= 15 is 0 Å². The van der Waals surface area contributed by atoms with Gasteiger partial charge >= 0.3 is 5.97 Å². The maximum atomic E-state index is 12.7. The number of esters is 1. The number of ether oxygens (including phenoxy) is 1. The fourth-order valence-corrected chi connectivity index (χ4v) is 3.81. The molecule has 0 saturated carbocycles. The van der Waals surface area contributed by atoms with E-state index in [9.17, 15) is 18.3 Å². The number of aliphatic hydroxyl groups excluding tert-OH is 1. The standard InChI is InChI=1S/C15H19NO5S/c1-3-21-15(18)14-13(17)5-4-10-16(14)22(19,20)12-8-6-11(2)7-9-12/h4-9,13-14,17H,3,10H2,1-2H3/t13-,14+/m0/s1. The molecule has 0 spiro atoms. The molecule has 1 aliphatic rings. The molecule has 2 atom stereocenters. The van der Waals surface area contributed by atoms with E-state index < -0.39 is 28.1 Å². The number of carbonyl (C=O) groups is 1. The van der Waals surface area contributed by atoms with Gasteiger partial charge in [0.25, 0.3) is 0 Å². The van der Waals surface area contributed by atoms with Crippen LogP contribution in [0.1, 0.15) is 12.5 Å². The van der Waals surface area contributed by atoms with Crippen molar-refractivity contribution in [2.45, 2.75) is 30.9 Å². The predicted molar refractivity (Wildman–Crippen MR) is 80.6 cm³/mol. The van der Waals surface area contributed by atoms with E-state index in [1.165, 1.54) is 24.3 Å². The maximum Gasteiger partial charge on any atom is 0.327 e. The van der Waals surface area contributed by atoms with Crippen LogP contribution in [0, 0.1) is 6.92 Å². The van der Waals surface area contributed by atoms with E-state index in [4.69, 9.17) is 4.74 Å². The van der Waals surface area contributed by atoms with Crippen molar-refractivity contribution in [2.75, 3.05) is 13.2 Å². The zero-order valence-corrected chi connectivity index (χ0v) is 13.3. The lowest BCUT2D eigenvalue weighted by Gasteiger charge is -2.33. The van der Waals surface area contributed by atoms with Crippen LogP contribution < -0.4 is 0 Å². The number of hydrogen-bond acceptors (Lipinski definition) is 5. The monoisotopic (exact) mass is 325 g/mol. The number of hydrogen-bond donors (Lipinski definition) is 1. The summed E-state index contributed by atoms with van der Waals surface area (Å²) < 4.78 is 31.3. The van der Waals surface area contributed by atoms with Gasteiger partial charge < -0.3 is 9.84 Å². The topological polar surface area (TPSA) is 83.9 Å². The molecular weight excluding hydrogens is 306 g/mol. The first-order valence-corrected chi connectivity index (χ1v) is 8.42. The van der Waals surface area contributed by atoms with Crippen molar-refractivity contribution in [3.63, 3.8) is 0 Å². The number of aryl methyl sites for hydroxylation is 1. The number of aliphatic hydroxyl groups is 1. The van der Waals surface area contributed by atoms with Crippen LogP contribution in [0.3, 0.4) is 0 Å². The van der Waals surface area contributed by atoms with Gasteiger partial charge in [-0.15, -0.1) is 0 Å². The molecule has 0 aliphatic carbocycles. The Morgan fingerprint density at radius 3 is 2.59 bits per heavy atom. The molecule has 1 N–H and O–H groups in total. The Labute approximate surface area is 130 Å². The molecule has 22 heavy (non-hydrogen) atoms. The van der Waals surface area contributed by atoms with Crippen LogP contribution in [0.25, 0.3) is 0 Å².